The molecule has 2 aromatic carbocycles. The van der Waals surface area contributed by atoms with Gasteiger partial charge in [0.1, 0.15) is 0 Å². The molecule has 0 aromatic heterocycles. The molecule has 0 spiro atoms. The first-order valence-corrected chi connectivity index (χ1v) is 9.70. The van der Waals surface area contributed by atoms with Gasteiger partial charge in [-0.05, 0) is 36.6 Å². The molecule has 0 saturated carbocycles. The standard InChI is InChI=1S/C22H21ClN2O3/c1-2-27-22(26)17-12-19-20(16-8-10-18(23)11-9-16)24-28-21(19)25(14-17)13-15-6-4-3-5-7-15/h3-11,14,19,21H,2,12-13H2,1H3/t19-,21+/m0/s1. The number of carbonyl (C=O) groups is 1. The molecule has 144 valence electrons. The van der Waals surface area contributed by atoms with Gasteiger partial charge in [-0.1, -0.05) is 59.2 Å². The van der Waals surface area contributed by atoms with Crippen LogP contribution in [0.1, 0.15) is 24.5 Å². The minimum Gasteiger partial charge on any atom is -0.463 e. The Hall–Kier alpha value is -2.79. The molecular formula is C22H21ClN2O3. The first-order chi connectivity index (χ1) is 13.7. The quantitative estimate of drug-likeness (QED) is 0.704. The van der Waals surface area contributed by atoms with E-state index in [0.29, 0.717) is 30.2 Å². The number of carbonyl (C=O) groups excluding carboxylic acids is 1. The smallest absolute Gasteiger partial charge is 0.335 e. The Morgan fingerprint density at radius 2 is 1.96 bits per heavy atom. The predicted octanol–water partition coefficient (Wildman–Crippen LogP) is 4.37. The van der Waals surface area contributed by atoms with Gasteiger partial charge in [0.15, 0.2) is 0 Å². The largest absolute Gasteiger partial charge is 0.463 e. The molecule has 0 bridgehead atoms. The van der Waals surface area contributed by atoms with Crippen molar-refractivity contribution in [1.82, 2.24) is 4.90 Å². The second-order valence-corrected chi connectivity index (χ2v) is 7.26. The van der Waals surface area contributed by atoms with Crippen molar-refractivity contribution >= 4 is 23.3 Å². The van der Waals surface area contributed by atoms with Crippen LogP contribution in [0.5, 0.6) is 0 Å². The SMILES string of the molecule is CCOC(=O)C1=CN(Cc2ccccc2)[C@@H]2ON=C(c3ccc(Cl)cc3)[C@@H]2C1. The van der Waals surface area contributed by atoms with Crippen molar-refractivity contribution in [2.75, 3.05) is 6.61 Å². The average molecular weight is 397 g/mol. The molecule has 2 heterocycles. The van der Waals surface area contributed by atoms with E-state index in [1.54, 1.807) is 0 Å². The molecule has 2 aliphatic heterocycles. The molecule has 0 radical (unpaired) electrons. The van der Waals surface area contributed by atoms with Crippen molar-refractivity contribution in [1.29, 1.82) is 0 Å². The monoisotopic (exact) mass is 396 g/mol. The lowest BCUT2D eigenvalue weighted by molar-refractivity contribution is -0.139. The van der Waals surface area contributed by atoms with Gasteiger partial charge in [-0.2, -0.15) is 0 Å². The number of rotatable bonds is 5. The first kappa shape index (κ1) is 18.6. The van der Waals surface area contributed by atoms with E-state index >= 15 is 0 Å². The topological polar surface area (TPSA) is 51.1 Å². The summed E-state index contributed by atoms with van der Waals surface area (Å²) in [4.78, 5) is 20.3. The number of esters is 1. The Kier molecular flexibility index (Phi) is 5.35. The lowest BCUT2D eigenvalue weighted by Crippen LogP contribution is -2.42. The van der Waals surface area contributed by atoms with E-state index in [2.05, 4.69) is 17.3 Å². The molecule has 2 aliphatic rings. The van der Waals surface area contributed by atoms with Crippen LogP contribution in [0.3, 0.4) is 0 Å². The van der Waals surface area contributed by atoms with E-state index in [1.165, 1.54) is 0 Å². The van der Waals surface area contributed by atoms with Gasteiger partial charge in [0, 0.05) is 17.8 Å². The molecule has 0 unspecified atom stereocenters. The van der Waals surface area contributed by atoms with Crippen LogP contribution in [0.25, 0.3) is 0 Å². The van der Waals surface area contributed by atoms with Gasteiger partial charge >= 0.3 is 5.97 Å². The number of nitrogens with zero attached hydrogens (tertiary/aromatic N) is 2. The highest BCUT2D eigenvalue weighted by Crippen LogP contribution is 2.36. The Morgan fingerprint density at radius 3 is 2.68 bits per heavy atom. The zero-order valence-electron chi connectivity index (χ0n) is 15.5. The summed E-state index contributed by atoms with van der Waals surface area (Å²) in [6, 6.07) is 17.6. The van der Waals surface area contributed by atoms with Crippen LogP contribution in [0.4, 0.5) is 0 Å². The third kappa shape index (κ3) is 3.76. The fourth-order valence-corrected chi connectivity index (χ4v) is 3.74. The fraction of sp³-hybridized carbons (Fsp3) is 0.273. The summed E-state index contributed by atoms with van der Waals surface area (Å²) in [5.41, 5.74) is 3.54. The number of oxime groups is 1. The Morgan fingerprint density at radius 1 is 1.21 bits per heavy atom. The second kappa shape index (κ2) is 8.07. The number of ether oxygens (including phenoxy) is 1. The minimum atomic E-state index is -0.290. The van der Waals surface area contributed by atoms with E-state index in [4.69, 9.17) is 21.2 Å². The molecule has 0 saturated heterocycles. The van der Waals surface area contributed by atoms with E-state index in [9.17, 15) is 4.79 Å². The average Bonchev–Trinajstić information content (AvgIpc) is 3.14. The van der Waals surface area contributed by atoms with Crippen LogP contribution in [0.2, 0.25) is 5.02 Å². The molecule has 6 heteroatoms. The summed E-state index contributed by atoms with van der Waals surface area (Å²) in [7, 11) is 0. The van der Waals surface area contributed by atoms with Crippen molar-refractivity contribution in [3.8, 4) is 0 Å². The third-order valence-electron chi connectivity index (χ3n) is 4.93. The highest BCUT2D eigenvalue weighted by atomic mass is 35.5. The second-order valence-electron chi connectivity index (χ2n) is 6.82. The van der Waals surface area contributed by atoms with Gasteiger partial charge in [0.2, 0.25) is 6.23 Å². The summed E-state index contributed by atoms with van der Waals surface area (Å²) < 4.78 is 5.25. The molecule has 0 fully saturated rings. The Balaban J connectivity index is 1.64. The summed E-state index contributed by atoms with van der Waals surface area (Å²) in [5.74, 6) is -0.351. The van der Waals surface area contributed by atoms with Gasteiger partial charge < -0.3 is 14.5 Å². The van der Waals surface area contributed by atoms with Crippen LogP contribution in [0.15, 0.2) is 71.5 Å². The minimum absolute atomic E-state index is 0.0608. The Bertz CT molecular complexity index is 909. The summed E-state index contributed by atoms with van der Waals surface area (Å²) in [5, 5.41) is 5.03. The maximum Gasteiger partial charge on any atom is 0.335 e. The number of hydrogen-bond acceptors (Lipinski definition) is 5. The summed E-state index contributed by atoms with van der Waals surface area (Å²) in [6.45, 7) is 2.77. The van der Waals surface area contributed by atoms with Crippen LogP contribution < -0.4 is 0 Å². The normalized spacial score (nSPS) is 20.7. The van der Waals surface area contributed by atoms with E-state index in [1.807, 2.05) is 60.5 Å². The third-order valence-corrected chi connectivity index (χ3v) is 5.18. The van der Waals surface area contributed by atoms with Crippen LogP contribution in [-0.4, -0.2) is 29.4 Å². The molecular weight excluding hydrogens is 376 g/mol. The van der Waals surface area contributed by atoms with Crippen molar-refractivity contribution < 1.29 is 14.4 Å². The highest BCUT2D eigenvalue weighted by molar-refractivity contribution is 6.30. The van der Waals surface area contributed by atoms with E-state index < -0.39 is 0 Å². The Labute approximate surface area is 169 Å². The molecule has 5 nitrogen and oxygen atoms in total. The van der Waals surface area contributed by atoms with Crippen molar-refractivity contribution in [3.05, 3.63) is 82.5 Å². The lowest BCUT2D eigenvalue weighted by Gasteiger charge is -2.35. The van der Waals surface area contributed by atoms with E-state index in [0.717, 1.165) is 16.8 Å². The van der Waals surface area contributed by atoms with Crippen LogP contribution >= 0.6 is 11.6 Å². The van der Waals surface area contributed by atoms with Gasteiger partial charge in [-0.15, -0.1) is 0 Å². The molecule has 0 amide bonds. The molecule has 0 aliphatic carbocycles. The maximum atomic E-state index is 12.5. The van der Waals surface area contributed by atoms with Crippen LogP contribution in [-0.2, 0) is 20.9 Å². The number of benzene rings is 2. The zero-order chi connectivity index (χ0) is 19.5. The molecule has 28 heavy (non-hydrogen) atoms. The first-order valence-electron chi connectivity index (χ1n) is 9.33. The van der Waals surface area contributed by atoms with Gasteiger partial charge in [-0.25, -0.2) is 4.79 Å². The zero-order valence-corrected chi connectivity index (χ0v) is 16.3. The van der Waals surface area contributed by atoms with E-state index in [-0.39, 0.29) is 18.1 Å². The van der Waals surface area contributed by atoms with Gasteiger partial charge in [0.25, 0.3) is 0 Å². The summed E-state index contributed by atoms with van der Waals surface area (Å²) >= 11 is 6.02. The number of halogens is 1. The van der Waals surface area contributed by atoms with Gasteiger partial charge in [-0.3, -0.25) is 0 Å². The lowest BCUT2D eigenvalue weighted by atomic mass is 9.87. The van der Waals surface area contributed by atoms with Crippen LogP contribution in [0, 0.1) is 5.92 Å². The molecule has 0 N–H and O–H groups in total. The molecule has 2 aromatic rings. The maximum absolute atomic E-state index is 12.5. The summed E-state index contributed by atoms with van der Waals surface area (Å²) in [6.07, 6.45) is 2.12. The van der Waals surface area contributed by atoms with Crippen molar-refractivity contribution in [2.45, 2.75) is 26.1 Å². The predicted molar refractivity (Wildman–Crippen MR) is 108 cm³/mol. The highest BCUT2D eigenvalue weighted by Gasteiger charge is 2.43. The fourth-order valence-electron chi connectivity index (χ4n) is 3.62. The van der Waals surface area contributed by atoms with Crippen molar-refractivity contribution in [3.63, 3.8) is 0 Å². The number of fused-ring (bicyclic) bond motifs is 1. The number of hydrogen-bond donors (Lipinski definition) is 0. The van der Waals surface area contributed by atoms with Gasteiger partial charge in [0.05, 0.1) is 23.8 Å². The van der Waals surface area contributed by atoms with Crippen molar-refractivity contribution in [2.24, 2.45) is 11.1 Å². The molecule has 4 rings (SSSR count). The molecule has 2 atom stereocenters.